The Morgan fingerprint density at radius 3 is 2.48 bits per heavy atom. The van der Waals surface area contributed by atoms with Gasteiger partial charge in [-0.25, -0.2) is 13.8 Å². The smallest absolute Gasteiger partial charge is 0.223 e. The first kappa shape index (κ1) is 15.9. The van der Waals surface area contributed by atoms with Crippen molar-refractivity contribution < 1.29 is 13.5 Å². The predicted molar refractivity (Wildman–Crippen MR) is 80.3 cm³/mol. The molecule has 0 aliphatic rings. The van der Waals surface area contributed by atoms with E-state index in [1.807, 2.05) is 19.9 Å². The number of rotatable bonds is 5. The Hall–Kier alpha value is -1.53. The van der Waals surface area contributed by atoms with Gasteiger partial charge in [0.1, 0.15) is 17.4 Å². The second-order valence-corrected chi connectivity index (χ2v) is 5.78. The van der Waals surface area contributed by atoms with E-state index in [1.165, 1.54) is 0 Å². The zero-order valence-corrected chi connectivity index (χ0v) is 13.2. The van der Waals surface area contributed by atoms with Crippen molar-refractivity contribution in [3.05, 3.63) is 52.1 Å². The summed E-state index contributed by atoms with van der Waals surface area (Å²) in [6.45, 7) is 4.58. The van der Waals surface area contributed by atoms with E-state index in [4.69, 9.17) is 4.74 Å². The molecule has 1 aromatic carbocycles. The van der Waals surface area contributed by atoms with Crippen molar-refractivity contribution in [1.29, 1.82) is 0 Å². The van der Waals surface area contributed by atoms with Gasteiger partial charge in [0.2, 0.25) is 5.88 Å². The first-order valence-electron chi connectivity index (χ1n) is 6.46. The summed E-state index contributed by atoms with van der Waals surface area (Å²) >= 11 is 3.35. The van der Waals surface area contributed by atoms with Crippen LogP contribution in [0, 0.1) is 11.6 Å². The van der Waals surface area contributed by atoms with E-state index >= 15 is 0 Å². The van der Waals surface area contributed by atoms with Gasteiger partial charge in [0.15, 0.2) is 0 Å². The van der Waals surface area contributed by atoms with Crippen LogP contribution in [0.15, 0.2) is 34.9 Å². The number of hydrogen-bond acceptors (Lipinski definition) is 3. The quantitative estimate of drug-likeness (QED) is 0.861. The summed E-state index contributed by atoms with van der Waals surface area (Å²) in [5.41, 5.74) is 0.794. The van der Waals surface area contributed by atoms with E-state index in [-0.39, 0.29) is 5.75 Å². The Labute approximate surface area is 130 Å². The molecule has 0 atom stereocenters. The maximum Gasteiger partial charge on any atom is 0.223 e. The molecule has 6 heteroatoms. The van der Waals surface area contributed by atoms with Crippen molar-refractivity contribution in [2.45, 2.75) is 26.4 Å². The molecular formula is C15H15BrF2N2O. The fraction of sp³-hybridized carbons (Fsp3) is 0.267. The highest BCUT2D eigenvalue weighted by molar-refractivity contribution is 9.10. The van der Waals surface area contributed by atoms with E-state index < -0.39 is 11.6 Å². The molecule has 0 spiro atoms. The van der Waals surface area contributed by atoms with Gasteiger partial charge >= 0.3 is 0 Å². The molecule has 21 heavy (non-hydrogen) atoms. The molecule has 1 aromatic heterocycles. The maximum atomic E-state index is 13.2. The fourth-order valence-electron chi connectivity index (χ4n) is 1.70. The van der Waals surface area contributed by atoms with Crippen LogP contribution < -0.4 is 10.1 Å². The molecule has 112 valence electrons. The van der Waals surface area contributed by atoms with Crippen molar-refractivity contribution >= 4 is 15.9 Å². The summed E-state index contributed by atoms with van der Waals surface area (Å²) in [5, 5.41) is 3.25. The van der Waals surface area contributed by atoms with Crippen molar-refractivity contribution in [1.82, 2.24) is 10.3 Å². The first-order valence-corrected chi connectivity index (χ1v) is 7.25. The number of aromatic nitrogens is 1. The molecule has 0 unspecified atom stereocenters. The van der Waals surface area contributed by atoms with E-state index in [1.54, 1.807) is 6.20 Å². The predicted octanol–water partition coefficient (Wildman–Crippen LogP) is 4.41. The number of ether oxygens (including phenoxy) is 1. The normalized spacial score (nSPS) is 11.0. The molecule has 0 bridgehead atoms. The van der Waals surface area contributed by atoms with Crippen molar-refractivity contribution in [2.75, 3.05) is 0 Å². The zero-order valence-electron chi connectivity index (χ0n) is 11.7. The number of nitrogens with zero attached hydrogens (tertiary/aromatic N) is 1. The lowest BCUT2D eigenvalue weighted by molar-refractivity contribution is 0.440. The van der Waals surface area contributed by atoms with Gasteiger partial charge in [-0.3, -0.25) is 0 Å². The number of benzene rings is 1. The minimum absolute atomic E-state index is 0.0770. The summed E-state index contributed by atoms with van der Waals surface area (Å²) in [4.78, 5) is 4.16. The zero-order chi connectivity index (χ0) is 15.4. The third-order valence-corrected chi connectivity index (χ3v) is 3.08. The Morgan fingerprint density at radius 1 is 1.19 bits per heavy atom. The summed E-state index contributed by atoms with van der Waals surface area (Å²) in [6, 6.07) is 5.18. The molecule has 2 rings (SSSR count). The first-order chi connectivity index (χ1) is 9.94. The standard InChI is InChI=1S/C15H15BrF2N2O/c1-9(2)19-7-10-3-11(16)8-20-15(10)21-14-5-12(17)4-13(18)6-14/h3-6,8-9,19H,7H2,1-2H3. The van der Waals surface area contributed by atoms with Gasteiger partial charge in [-0.2, -0.15) is 0 Å². The molecule has 1 N–H and O–H groups in total. The van der Waals surface area contributed by atoms with E-state index in [9.17, 15) is 8.78 Å². The van der Waals surface area contributed by atoms with Crippen LogP contribution in [0.5, 0.6) is 11.6 Å². The number of pyridine rings is 1. The highest BCUT2D eigenvalue weighted by atomic mass is 79.9. The molecule has 0 fully saturated rings. The lowest BCUT2D eigenvalue weighted by Gasteiger charge is -2.13. The SMILES string of the molecule is CC(C)NCc1cc(Br)cnc1Oc1cc(F)cc(F)c1. The molecular weight excluding hydrogens is 342 g/mol. The van der Waals surface area contributed by atoms with Crippen molar-refractivity contribution in [3.63, 3.8) is 0 Å². The van der Waals surface area contributed by atoms with Crippen LogP contribution in [0.1, 0.15) is 19.4 Å². The Balaban J connectivity index is 2.25. The summed E-state index contributed by atoms with van der Waals surface area (Å²) in [6.07, 6.45) is 1.57. The van der Waals surface area contributed by atoms with Crippen LogP contribution >= 0.6 is 15.9 Å². The average Bonchev–Trinajstić information content (AvgIpc) is 2.37. The number of nitrogens with one attached hydrogen (secondary N) is 1. The van der Waals surface area contributed by atoms with Crippen LogP contribution in [0.25, 0.3) is 0 Å². The highest BCUT2D eigenvalue weighted by Gasteiger charge is 2.10. The Morgan fingerprint density at radius 2 is 1.86 bits per heavy atom. The minimum Gasteiger partial charge on any atom is -0.438 e. The maximum absolute atomic E-state index is 13.2. The third-order valence-electron chi connectivity index (χ3n) is 2.64. The van der Waals surface area contributed by atoms with Gasteiger partial charge in [0, 0.05) is 47.0 Å². The fourth-order valence-corrected chi connectivity index (χ4v) is 2.08. The van der Waals surface area contributed by atoms with Gasteiger partial charge in [-0.15, -0.1) is 0 Å². The van der Waals surface area contributed by atoms with E-state index in [0.29, 0.717) is 18.5 Å². The Kier molecular flexibility index (Phi) is 5.25. The second kappa shape index (κ2) is 6.95. The molecule has 0 radical (unpaired) electrons. The van der Waals surface area contributed by atoms with Crippen LogP contribution in [-0.2, 0) is 6.54 Å². The van der Waals surface area contributed by atoms with E-state index in [2.05, 4.69) is 26.2 Å². The van der Waals surface area contributed by atoms with Crippen LogP contribution in [-0.4, -0.2) is 11.0 Å². The molecule has 0 saturated heterocycles. The number of halogens is 3. The van der Waals surface area contributed by atoms with Crippen LogP contribution in [0.4, 0.5) is 8.78 Å². The summed E-state index contributed by atoms with van der Waals surface area (Å²) in [5.74, 6) is -0.989. The lowest BCUT2D eigenvalue weighted by atomic mass is 10.2. The van der Waals surface area contributed by atoms with Gasteiger partial charge in [-0.1, -0.05) is 13.8 Å². The molecule has 1 heterocycles. The monoisotopic (exact) mass is 356 g/mol. The Bertz CT molecular complexity index is 615. The van der Waals surface area contributed by atoms with Crippen molar-refractivity contribution in [3.8, 4) is 11.6 Å². The van der Waals surface area contributed by atoms with Gasteiger partial charge in [0.25, 0.3) is 0 Å². The van der Waals surface area contributed by atoms with E-state index in [0.717, 1.165) is 28.2 Å². The molecule has 0 aliphatic heterocycles. The largest absolute Gasteiger partial charge is 0.438 e. The summed E-state index contributed by atoms with van der Waals surface area (Å²) < 4.78 is 32.7. The lowest BCUT2D eigenvalue weighted by Crippen LogP contribution is -2.22. The summed E-state index contributed by atoms with van der Waals surface area (Å²) in [7, 11) is 0. The van der Waals surface area contributed by atoms with Gasteiger partial charge in [0.05, 0.1) is 0 Å². The molecule has 0 aliphatic carbocycles. The topological polar surface area (TPSA) is 34.2 Å². The van der Waals surface area contributed by atoms with Crippen LogP contribution in [0.3, 0.4) is 0 Å². The molecule has 0 amide bonds. The molecule has 0 saturated carbocycles. The third kappa shape index (κ3) is 4.75. The average molecular weight is 357 g/mol. The van der Waals surface area contributed by atoms with Crippen molar-refractivity contribution in [2.24, 2.45) is 0 Å². The molecule has 2 aromatic rings. The van der Waals surface area contributed by atoms with Crippen LogP contribution in [0.2, 0.25) is 0 Å². The molecule has 3 nitrogen and oxygen atoms in total. The van der Waals surface area contributed by atoms with Gasteiger partial charge in [-0.05, 0) is 22.0 Å². The van der Waals surface area contributed by atoms with Gasteiger partial charge < -0.3 is 10.1 Å². The minimum atomic E-state index is -0.691. The highest BCUT2D eigenvalue weighted by Crippen LogP contribution is 2.26. The number of hydrogen-bond donors (Lipinski definition) is 1. The second-order valence-electron chi connectivity index (χ2n) is 4.86.